The molecule has 0 aliphatic rings. The standard InChI is InChI=1S/C13H12N4/c1-2-4-11(5-3-1)8-17-9-12(6-16-17)13-7-14-10-15-13/h1-7,9-10H,8H2,(H,14,15). The zero-order chi connectivity index (χ0) is 11.5. The lowest BCUT2D eigenvalue weighted by Gasteiger charge is -2.00. The molecule has 0 aliphatic heterocycles. The predicted molar refractivity (Wildman–Crippen MR) is 65.4 cm³/mol. The second-order valence-corrected chi connectivity index (χ2v) is 3.87. The third kappa shape index (κ3) is 2.10. The second kappa shape index (κ2) is 4.25. The Morgan fingerprint density at radius 3 is 2.82 bits per heavy atom. The van der Waals surface area contributed by atoms with Crippen molar-refractivity contribution in [2.75, 3.05) is 0 Å². The lowest BCUT2D eigenvalue weighted by molar-refractivity contribution is 0.687. The molecule has 0 unspecified atom stereocenters. The fourth-order valence-electron chi connectivity index (χ4n) is 1.77. The molecule has 0 atom stereocenters. The fraction of sp³-hybridized carbons (Fsp3) is 0.0769. The molecule has 3 aromatic rings. The van der Waals surface area contributed by atoms with Crippen LogP contribution in [-0.4, -0.2) is 19.7 Å². The average molecular weight is 224 g/mol. The number of rotatable bonds is 3. The Morgan fingerprint density at radius 2 is 2.06 bits per heavy atom. The molecule has 17 heavy (non-hydrogen) atoms. The molecule has 1 N–H and O–H groups in total. The van der Waals surface area contributed by atoms with Crippen molar-refractivity contribution in [3.8, 4) is 11.3 Å². The van der Waals surface area contributed by atoms with Gasteiger partial charge in [-0.15, -0.1) is 0 Å². The van der Waals surface area contributed by atoms with Crippen LogP contribution in [0.3, 0.4) is 0 Å². The van der Waals surface area contributed by atoms with Crippen molar-refractivity contribution >= 4 is 0 Å². The first-order chi connectivity index (χ1) is 8.42. The van der Waals surface area contributed by atoms with Gasteiger partial charge in [0.05, 0.1) is 24.8 Å². The van der Waals surface area contributed by atoms with Gasteiger partial charge in [0.2, 0.25) is 0 Å². The van der Waals surface area contributed by atoms with Gasteiger partial charge in [-0.3, -0.25) is 4.68 Å². The van der Waals surface area contributed by atoms with Gasteiger partial charge in [-0.1, -0.05) is 30.3 Å². The van der Waals surface area contributed by atoms with E-state index in [0.717, 1.165) is 17.8 Å². The lowest BCUT2D eigenvalue weighted by Crippen LogP contribution is -1.99. The Balaban J connectivity index is 1.82. The van der Waals surface area contributed by atoms with Gasteiger partial charge in [0.25, 0.3) is 0 Å². The number of nitrogens with zero attached hydrogens (tertiary/aromatic N) is 3. The van der Waals surface area contributed by atoms with E-state index in [9.17, 15) is 0 Å². The fourth-order valence-corrected chi connectivity index (χ4v) is 1.77. The molecule has 2 aromatic heterocycles. The lowest BCUT2D eigenvalue weighted by atomic mass is 10.2. The first-order valence-electron chi connectivity index (χ1n) is 5.47. The SMILES string of the molecule is c1ccc(Cn2cc(-c3c[nH]cn3)cn2)cc1. The van der Waals surface area contributed by atoms with Crippen molar-refractivity contribution in [3.63, 3.8) is 0 Å². The summed E-state index contributed by atoms with van der Waals surface area (Å²) in [4.78, 5) is 7.14. The van der Waals surface area contributed by atoms with E-state index in [1.54, 1.807) is 6.33 Å². The Hall–Kier alpha value is -2.36. The van der Waals surface area contributed by atoms with Gasteiger partial charge in [-0.2, -0.15) is 5.10 Å². The molecule has 0 fully saturated rings. The number of nitrogens with one attached hydrogen (secondary N) is 1. The van der Waals surface area contributed by atoms with Crippen LogP contribution >= 0.6 is 0 Å². The van der Waals surface area contributed by atoms with E-state index in [2.05, 4.69) is 27.2 Å². The van der Waals surface area contributed by atoms with Crippen LogP contribution < -0.4 is 0 Å². The molecule has 0 bridgehead atoms. The molecule has 0 saturated carbocycles. The summed E-state index contributed by atoms with van der Waals surface area (Å²) < 4.78 is 1.92. The molecular formula is C13H12N4. The molecule has 0 saturated heterocycles. The Kier molecular flexibility index (Phi) is 2.46. The molecular weight excluding hydrogens is 212 g/mol. The van der Waals surface area contributed by atoms with Crippen LogP contribution in [0.5, 0.6) is 0 Å². The molecule has 0 spiro atoms. The van der Waals surface area contributed by atoms with Crippen LogP contribution in [-0.2, 0) is 6.54 Å². The minimum Gasteiger partial charge on any atom is -0.351 e. The Bertz CT molecular complexity index is 581. The monoisotopic (exact) mass is 224 g/mol. The highest BCUT2D eigenvalue weighted by molar-refractivity contribution is 5.55. The Morgan fingerprint density at radius 1 is 1.18 bits per heavy atom. The van der Waals surface area contributed by atoms with Crippen LogP contribution in [0, 0.1) is 0 Å². The smallest absolute Gasteiger partial charge is 0.0927 e. The summed E-state index contributed by atoms with van der Waals surface area (Å²) >= 11 is 0. The average Bonchev–Trinajstić information content (AvgIpc) is 3.00. The van der Waals surface area contributed by atoms with Crippen LogP contribution in [0.2, 0.25) is 0 Å². The van der Waals surface area contributed by atoms with E-state index in [1.165, 1.54) is 5.56 Å². The predicted octanol–water partition coefficient (Wildman–Crippen LogP) is 2.32. The first kappa shape index (κ1) is 9.84. The molecule has 84 valence electrons. The van der Waals surface area contributed by atoms with Crippen molar-refractivity contribution in [1.29, 1.82) is 0 Å². The summed E-state index contributed by atoms with van der Waals surface area (Å²) in [6.45, 7) is 0.783. The summed E-state index contributed by atoms with van der Waals surface area (Å²) in [5.41, 5.74) is 3.19. The first-order valence-corrected chi connectivity index (χ1v) is 5.47. The van der Waals surface area contributed by atoms with Crippen LogP contribution in [0.1, 0.15) is 5.56 Å². The number of H-pyrrole nitrogens is 1. The van der Waals surface area contributed by atoms with Gasteiger partial charge < -0.3 is 4.98 Å². The van der Waals surface area contributed by atoms with Crippen molar-refractivity contribution < 1.29 is 0 Å². The topological polar surface area (TPSA) is 46.5 Å². The van der Waals surface area contributed by atoms with Gasteiger partial charge in [0.15, 0.2) is 0 Å². The zero-order valence-corrected chi connectivity index (χ0v) is 9.24. The largest absolute Gasteiger partial charge is 0.351 e. The number of hydrogen-bond acceptors (Lipinski definition) is 2. The molecule has 0 aliphatic carbocycles. The highest BCUT2D eigenvalue weighted by Gasteiger charge is 2.03. The van der Waals surface area contributed by atoms with Crippen molar-refractivity contribution in [3.05, 3.63) is 60.8 Å². The normalized spacial score (nSPS) is 10.6. The number of aromatic amines is 1. The summed E-state index contributed by atoms with van der Waals surface area (Å²) in [7, 11) is 0. The quantitative estimate of drug-likeness (QED) is 0.742. The minimum atomic E-state index is 0.783. The second-order valence-electron chi connectivity index (χ2n) is 3.87. The van der Waals surface area contributed by atoms with E-state index in [4.69, 9.17) is 0 Å². The van der Waals surface area contributed by atoms with Gasteiger partial charge in [-0.05, 0) is 5.56 Å². The summed E-state index contributed by atoms with van der Waals surface area (Å²) in [5.74, 6) is 0. The highest BCUT2D eigenvalue weighted by atomic mass is 15.3. The van der Waals surface area contributed by atoms with E-state index in [-0.39, 0.29) is 0 Å². The van der Waals surface area contributed by atoms with Gasteiger partial charge in [-0.25, -0.2) is 4.98 Å². The molecule has 4 heteroatoms. The van der Waals surface area contributed by atoms with Crippen LogP contribution in [0.25, 0.3) is 11.3 Å². The van der Waals surface area contributed by atoms with Crippen LogP contribution in [0.4, 0.5) is 0 Å². The molecule has 1 aromatic carbocycles. The van der Waals surface area contributed by atoms with E-state index in [0.29, 0.717) is 0 Å². The Labute approximate surface area is 98.9 Å². The third-order valence-electron chi connectivity index (χ3n) is 2.61. The molecule has 4 nitrogen and oxygen atoms in total. The number of imidazole rings is 1. The number of benzene rings is 1. The van der Waals surface area contributed by atoms with Crippen molar-refractivity contribution in [2.45, 2.75) is 6.54 Å². The zero-order valence-electron chi connectivity index (χ0n) is 9.24. The highest BCUT2D eigenvalue weighted by Crippen LogP contribution is 2.14. The van der Waals surface area contributed by atoms with E-state index in [1.807, 2.05) is 41.5 Å². The van der Waals surface area contributed by atoms with Crippen molar-refractivity contribution in [2.24, 2.45) is 0 Å². The molecule has 0 radical (unpaired) electrons. The number of hydrogen-bond donors (Lipinski definition) is 1. The summed E-state index contributed by atoms with van der Waals surface area (Å²) in [6, 6.07) is 10.3. The maximum atomic E-state index is 4.33. The van der Waals surface area contributed by atoms with Crippen molar-refractivity contribution in [1.82, 2.24) is 19.7 Å². The summed E-state index contributed by atoms with van der Waals surface area (Å²) in [6.07, 6.45) is 7.37. The van der Waals surface area contributed by atoms with Crippen LogP contribution in [0.15, 0.2) is 55.2 Å². The molecule has 0 amide bonds. The maximum Gasteiger partial charge on any atom is 0.0927 e. The number of aromatic nitrogens is 4. The molecule has 2 heterocycles. The van der Waals surface area contributed by atoms with E-state index < -0.39 is 0 Å². The van der Waals surface area contributed by atoms with E-state index >= 15 is 0 Å². The maximum absolute atomic E-state index is 4.33. The van der Waals surface area contributed by atoms with Gasteiger partial charge >= 0.3 is 0 Å². The minimum absolute atomic E-state index is 0.783. The van der Waals surface area contributed by atoms with Gasteiger partial charge in [0.1, 0.15) is 0 Å². The summed E-state index contributed by atoms with van der Waals surface area (Å²) in [5, 5.41) is 4.33. The molecule has 3 rings (SSSR count). The van der Waals surface area contributed by atoms with Gasteiger partial charge in [0, 0.05) is 18.0 Å². The third-order valence-corrected chi connectivity index (χ3v) is 2.61.